The molecule has 3 aromatic rings. The molecule has 49 heavy (non-hydrogen) atoms. The molecule has 3 aromatic heterocycles. The number of anilines is 1. The second kappa shape index (κ2) is 15.7. The maximum atomic E-state index is 6.54. The number of fused-ring (bicyclic) bond motifs is 3. The van der Waals surface area contributed by atoms with E-state index in [0.29, 0.717) is 26.0 Å². The number of hydrogen-bond acceptors (Lipinski definition) is 8. The summed E-state index contributed by atoms with van der Waals surface area (Å²) in [7, 11) is -4.33. The van der Waals surface area contributed by atoms with Gasteiger partial charge >= 0.3 is 0 Å². The van der Waals surface area contributed by atoms with E-state index in [0.717, 1.165) is 64.1 Å². The van der Waals surface area contributed by atoms with E-state index in [4.69, 9.17) is 29.0 Å². The van der Waals surface area contributed by atoms with Crippen molar-refractivity contribution in [1.29, 1.82) is 0 Å². The summed E-state index contributed by atoms with van der Waals surface area (Å²) >= 11 is 4.26. The van der Waals surface area contributed by atoms with E-state index < -0.39 is 24.5 Å². The predicted molar refractivity (Wildman–Crippen MR) is 222 cm³/mol. The van der Waals surface area contributed by atoms with Crippen molar-refractivity contribution < 1.29 is 13.9 Å². The molecule has 13 heteroatoms. The Morgan fingerprint density at radius 2 is 1.49 bits per heavy atom. The van der Waals surface area contributed by atoms with Gasteiger partial charge in [-0.3, -0.25) is 0 Å². The highest BCUT2D eigenvalue weighted by Crippen LogP contribution is 2.49. The first-order valence-corrected chi connectivity index (χ1v) is 30.6. The van der Waals surface area contributed by atoms with E-state index in [9.17, 15) is 0 Å². The quantitative estimate of drug-likeness (QED) is 0.0615. The van der Waals surface area contributed by atoms with Crippen LogP contribution in [0.25, 0.3) is 16.1 Å². The molecule has 0 aromatic carbocycles. The van der Waals surface area contributed by atoms with Gasteiger partial charge in [0.15, 0.2) is 19.8 Å². The van der Waals surface area contributed by atoms with Crippen LogP contribution in [0.4, 0.5) is 5.82 Å². The van der Waals surface area contributed by atoms with Crippen molar-refractivity contribution in [2.45, 2.75) is 135 Å². The number of aromatic nitrogens is 4. The van der Waals surface area contributed by atoms with Gasteiger partial charge < -0.3 is 18.8 Å². The number of rotatable bonds is 16. The van der Waals surface area contributed by atoms with Crippen LogP contribution in [0.5, 0.6) is 0 Å². The lowest BCUT2D eigenvalue weighted by molar-refractivity contribution is 0.0940. The van der Waals surface area contributed by atoms with Crippen molar-refractivity contribution in [3.05, 3.63) is 26.7 Å². The van der Waals surface area contributed by atoms with Crippen molar-refractivity contribution in [1.82, 2.24) is 19.6 Å². The number of ether oxygens (including phenoxy) is 2. The minimum atomic E-state index is -1.88. The standard InChI is InChI=1S/C36H62IN5O3SSi3/c1-36(2,3)49(10,11)45-23-31-38-22-30(46-31)29-21-39-42-34(29)40-33(28-19-26-12-13-27(18-26)20-28)32(37)35(42)41(24-43-14-16-47(4,5)6)25-44-15-17-48(7,8)9/h21-22,26-28H,12-20,23-25H2,1-11H3/t26-,27+,28+. The molecule has 8 nitrogen and oxygen atoms in total. The van der Waals surface area contributed by atoms with E-state index in [2.05, 4.69) is 101 Å². The van der Waals surface area contributed by atoms with Crippen molar-refractivity contribution in [2.24, 2.45) is 11.8 Å². The van der Waals surface area contributed by atoms with Gasteiger partial charge in [0.25, 0.3) is 0 Å². The topological polar surface area (TPSA) is 74.0 Å². The fourth-order valence-corrected chi connectivity index (χ4v) is 11.2. The van der Waals surface area contributed by atoms with Gasteiger partial charge in [-0.15, -0.1) is 11.3 Å². The van der Waals surface area contributed by atoms with Crippen LogP contribution >= 0.6 is 33.9 Å². The van der Waals surface area contributed by atoms with Gasteiger partial charge in [-0.05, 0) is 83.9 Å². The average Bonchev–Trinajstić information content (AvgIpc) is 3.71. The molecule has 0 saturated heterocycles. The molecule has 2 fully saturated rings. The van der Waals surface area contributed by atoms with Crippen molar-refractivity contribution >= 4 is 69.9 Å². The number of thiazole rings is 1. The second-order valence-electron chi connectivity index (χ2n) is 18.5. The van der Waals surface area contributed by atoms with Crippen LogP contribution < -0.4 is 4.90 Å². The van der Waals surface area contributed by atoms with Crippen molar-refractivity contribution in [2.75, 3.05) is 31.6 Å². The highest BCUT2D eigenvalue weighted by atomic mass is 127. The Morgan fingerprint density at radius 3 is 2.04 bits per heavy atom. The zero-order valence-electron chi connectivity index (χ0n) is 32.1. The summed E-state index contributed by atoms with van der Waals surface area (Å²) in [6.07, 6.45) is 10.6. The zero-order chi connectivity index (χ0) is 35.8. The van der Waals surface area contributed by atoms with Crippen LogP contribution in [0.3, 0.4) is 0 Å². The fourth-order valence-electron chi connectivity index (χ4n) is 6.65. The largest absolute Gasteiger partial charge is 0.410 e. The first-order valence-electron chi connectivity index (χ1n) is 18.4. The third-order valence-electron chi connectivity index (χ3n) is 10.8. The molecule has 0 N–H and O–H groups in total. The van der Waals surface area contributed by atoms with E-state index in [1.165, 1.54) is 41.4 Å². The summed E-state index contributed by atoms with van der Waals surface area (Å²) < 4.78 is 22.6. The van der Waals surface area contributed by atoms with Gasteiger partial charge in [0.05, 0.1) is 32.5 Å². The van der Waals surface area contributed by atoms with Crippen LogP contribution in [0, 0.1) is 15.4 Å². The molecule has 0 unspecified atom stereocenters. The third-order valence-corrected chi connectivity index (χ3v) is 20.8. The Kier molecular flexibility index (Phi) is 12.7. The lowest BCUT2D eigenvalue weighted by atomic mass is 9.79. The minimum Gasteiger partial charge on any atom is -0.410 e. The Morgan fingerprint density at radius 1 is 0.898 bits per heavy atom. The monoisotopic (exact) mass is 855 g/mol. The molecule has 3 atom stereocenters. The molecular formula is C36H62IN5O3SSi3. The zero-order valence-corrected chi connectivity index (χ0v) is 38.1. The van der Waals surface area contributed by atoms with E-state index >= 15 is 0 Å². The summed E-state index contributed by atoms with van der Waals surface area (Å²) in [4.78, 5) is 13.7. The highest BCUT2D eigenvalue weighted by molar-refractivity contribution is 14.1. The molecule has 2 aliphatic carbocycles. The van der Waals surface area contributed by atoms with Gasteiger partial charge in [0.2, 0.25) is 0 Å². The van der Waals surface area contributed by atoms with E-state index in [1.807, 2.05) is 16.9 Å². The van der Waals surface area contributed by atoms with Gasteiger partial charge in [0.1, 0.15) is 18.5 Å². The maximum Gasteiger partial charge on any atom is 0.192 e. The number of hydrogen-bond donors (Lipinski definition) is 0. The van der Waals surface area contributed by atoms with Gasteiger partial charge in [-0.25, -0.2) is 9.97 Å². The van der Waals surface area contributed by atoms with E-state index in [-0.39, 0.29) is 5.04 Å². The van der Waals surface area contributed by atoms with Crippen LogP contribution in [0.1, 0.15) is 69.5 Å². The number of halogens is 1. The van der Waals surface area contributed by atoms with E-state index in [1.54, 1.807) is 11.3 Å². The lowest BCUT2D eigenvalue weighted by Gasteiger charge is -2.35. The molecule has 0 amide bonds. The Balaban J connectivity index is 1.52. The molecule has 2 saturated carbocycles. The molecular weight excluding hydrogens is 794 g/mol. The molecule has 3 heterocycles. The molecule has 5 rings (SSSR count). The summed E-state index contributed by atoms with van der Waals surface area (Å²) in [6.45, 7) is 28.9. The van der Waals surface area contributed by atoms with Crippen LogP contribution in [0.2, 0.25) is 69.5 Å². The third kappa shape index (κ3) is 10.3. The Hall–Kier alpha value is -0.689. The molecule has 0 aliphatic heterocycles. The summed E-state index contributed by atoms with van der Waals surface area (Å²) in [6, 6.07) is 2.27. The molecule has 2 bridgehead atoms. The molecule has 274 valence electrons. The average molecular weight is 856 g/mol. The molecule has 0 radical (unpaired) electrons. The van der Waals surface area contributed by atoms with Gasteiger partial charge in [-0.2, -0.15) is 9.61 Å². The minimum absolute atomic E-state index is 0.157. The maximum absolute atomic E-state index is 6.54. The molecule has 0 spiro atoms. The van der Waals surface area contributed by atoms with Crippen LogP contribution in [-0.2, 0) is 20.5 Å². The second-order valence-corrected chi connectivity index (χ2v) is 36.8. The normalized spacial score (nSPS) is 20.4. The summed E-state index contributed by atoms with van der Waals surface area (Å²) in [5.74, 6) is 3.14. The smallest absolute Gasteiger partial charge is 0.192 e. The van der Waals surface area contributed by atoms with Gasteiger partial charge in [-0.1, -0.05) is 72.9 Å². The summed E-state index contributed by atoms with van der Waals surface area (Å²) in [5, 5.41) is 6.19. The Bertz CT molecular complexity index is 1530. The molecule has 2 aliphatic rings. The lowest BCUT2D eigenvalue weighted by Crippen LogP contribution is -2.40. The SMILES string of the molecule is CC(C)(C)[Si](C)(C)OCc1ncc(-c2cnn3c(N(COCC[Si](C)(C)C)COCC[Si](C)(C)C)c(I)c([C@H]4C[C@@H]5CC[C@@H](C5)C4)nc23)s1. The highest BCUT2D eigenvalue weighted by Gasteiger charge is 2.39. The fraction of sp³-hybridized carbons (Fsp3) is 0.750. The van der Waals surface area contributed by atoms with Crippen LogP contribution in [0.15, 0.2) is 12.4 Å². The van der Waals surface area contributed by atoms with Gasteiger partial charge in [0, 0.05) is 41.5 Å². The van der Waals surface area contributed by atoms with Crippen molar-refractivity contribution in [3.8, 4) is 10.4 Å². The van der Waals surface area contributed by atoms with Crippen molar-refractivity contribution in [3.63, 3.8) is 0 Å². The predicted octanol–water partition coefficient (Wildman–Crippen LogP) is 10.7. The summed E-state index contributed by atoms with van der Waals surface area (Å²) in [5.41, 5.74) is 3.16. The van der Waals surface area contributed by atoms with Crippen LogP contribution in [-0.4, -0.2) is 70.7 Å². The first-order chi connectivity index (χ1) is 22.8. The number of nitrogens with zero attached hydrogens (tertiary/aromatic N) is 5. The Labute approximate surface area is 316 Å². The first kappa shape index (κ1) is 39.5.